The number of rotatable bonds is 4. The normalized spacial score (nSPS) is 16.1. The van der Waals surface area contributed by atoms with Gasteiger partial charge in [-0.25, -0.2) is 4.79 Å². The van der Waals surface area contributed by atoms with Crippen LogP contribution in [0.15, 0.2) is 18.2 Å². The van der Waals surface area contributed by atoms with Crippen LogP contribution >= 0.6 is 34.5 Å². The van der Waals surface area contributed by atoms with Crippen LogP contribution in [0.25, 0.3) is 0 Å². The number of halogens is 2. The van der Waals surface area contributed by atoms with Crippen molar-refractivity contribution in [2.45, 2.75) is 33.1 Å². The predicted molar refractivity (Wildman–Crippen MR) is 106 cm³/mol. The highest BCUT2D eigenvalue weighted by atomic mass is 35.5. The molecule has 3 rings (SSSR count). The molecule has 0 saturated carbocycles. The molecule has 1 amide bonds. The van der Waals surface area contributed by atoms with Gasteiger partial charge in [0.05, 0.1) is 22.2 Å². The summed E-state index contributed by atoms with van der Waals surface area (Å²) in [6, 6.07) is 4.69. The number of esters is 1. The van der Waals surface area contributed by atoms with Gasteiger partial charge in [0.25, 0.3) is 5.91 Å². The Kier molecular flexibility index (Phi) is 5.90. The van der Waals surface area contributed by atoms with E-state index in [4.69, 9.17) is 27.9 Å². The molecule has 1 heterocycles. The first-order valence-electron chi connectivity index (χ1n) is 8.48. The Morgan fingerprint density at radius 1 is 1.31 bits per heavy atom. The van der Waals surface area contributed by atoms with E-state index in [1.54, 1.807) is 19.1 Å². The van der Waals surface area contributed by atoms with Crippen LogP contribution in [-0.2, 0) is 17.6 Å². The van der Waals surface area contributed by atoms with Crippen molar-refractivity contribution in [3.8, 4) is 0 Å². The van der Waals surface area contributed by atoms with E-state index in [1.807, 2.05) is 0 Å². The van der Waals surface area contributed by atoms with E-state index in [2.05, 4.69) is 12.2 Å². The summed E-state index contributed by atoms with van der Waals surface area (Å²) >= 11 is 13.4. The van der Waals surface area contributed by atoms with Gasteiger partial charge >= 0.3 is 5.97 Å². The van der Waals surface area contributed by atoms with Crippen LogP contribution in [0.1, 0.15) is 51.4 Å². The zero-order valence-corrected chi connectivity index (χ0v) is 16.9. The summed E-state index contributed by atoms with van der Waals surface area (Å²) in [6.07, 6.45) is 2.76. The van der Waals surface area contributed by atoms with Gasteiger partial charge < -0.3 is 10.1 Å². The number of nitrogens with one attached hydrogen (secondary N) is 1. The van der Waals surface area contributed by atoms with E-state index in [0.29, 0.717) is 38.7 Å². The SMILES string of the molecule is CCOC(=O)c1c(NC(=O)c2ccc(Cl)c(Cl)c2)sc2c1CC[C@H](C)C2. The lowest BCUT2D eigenvalue weighted by Crippen LogP contribution is -2.16. The smallest absolute Gasteiger partial charge is 0.341 e. The standard InChI is InChI=1S/C19H19Cl2NO3S/c1-3-25-19(24)16-12-6-4-10(2)8-15(12)26-18(16)22-17(23)11-5-7-13(20)14(21)9-11/h5,7,9-10H,3-4,6,8H2,1-2H3,(H,22,23)/t10-/m0/s1. The van der Waals surface area contributed by atoms with Gasteiger partial charge in [-0.15, -0.1) is 11.3 Å². The summed E-state index contributed by atoms with van der Waals surface area (Å²) in [5.74, 6) is -0.153. The van der Waals surface area contributed by atoms with Crippen LogP contribution in [0.4, 0.5) is 5.00 Å². The quantitative estimate of drug-likeness (QED) is 0.665. The summed E-state index contributed by atoms with van der Waals surface area (Å²) in [6.45, 7) is 4.26. The highest BCUT2D eigenvalue weighted by Crippen LogP contribution is 2.40. The first kappa shape index (κ1) is 19.2. The summed E-state index contributed by atoms with van der Waals surface area (Å²) in [5, 5.41) is 4.10. The molecular formula is C19H19Cl2NO3S. The molecule has 1 aliphatic rings. The molecule has 0 radical (unpaired) electrons. The maximum atomic E-state index is 12.6. The fourth-order valence-corrected chi connectivity index (χ4v) is 4.76. The van der Waals surface area contributed by atoms with Gasteiger partial charge in [0, 0.05) is 10.4 Å². The highest BCUT2D eigenvalue weighted by Gasteiger charge is 2.29. The van der Waals surface area contributed by atoms with Crippen molar-refractivity contribution in [2.24, 2.45) is 5.92 Å². The molecule has 7 heteroatoms. The molecule has 1 aromatic heterocycles. The maximum Gasteiger partial charge on any atom is 0.341 e. The number of hydrogen-bond donors (Lipinski definition) is 1. The lowest BCUT2D eigenvalue weighted by atomic mass is 9.88. The van der Waals surface area contributed by atoms with Crippen LogP contribution in [-0.4, -0.2) is 18.5 Å². The molecule has 1 atom stereocenters. The Morgan fingerprint density at radius 2 is 2.08 bits per heavy atom. The van der Waals surface area contributed by atoms with Crippen LogP contribution in [0, 0.1) is 5.92 Å². The number of benzene rings is 1. The van der Waals surface area contributed by atoms with Gasteiger partial charge in [-0.1, -0.05) is 30.1 Å². The molecule has 0 bridgehead atoms. The number of carbonyl (C=O) groups is 2. The molecule has 26 heavy (non-hydrogen) atoms. The van der Waals surface area contributed by atoms with E-state index in [9.17, 15) is 9.59 Å². The Bertz CT molecular complexity index is 863. The zero-order valence-electron chi connectivity index (χ0n) is 14.5. The second kappa shape index (κ2) is 7.99. The minimum Gasteiger partial charge on any atom is -0.462 e. The third-order valence-electron chi connectivity index (χ3n) is 4.40. The Morgan fingerprint density at radius 3 is 2.77 bits per heavy atom. The molecule has 0 fully saturated rings. The second-order valence-corrected chi connectivity index (χ2v) is 8.28. The predicted octanol–water partition coefficient (Wildman–Crippen LogP) is 5.61. The van der Waals surface area contributed by atoms with Crippen molar-refractivity contribution < 1.29 is 14.3 Å². The Hall–Kier alpha value is -1.56. The Labute approximate surface area is 166 Å². The van der Waals surface area contributed by atoms with Crippen molar-refractivity contribution in [1.82, 2.24) is 0 Å². The number of fused-ring (bicyclic) bond motifs is 1. The third-order valence-corrected chi connectivity index (χ3v) is 6.31. The molecule has 0 spiro atoms. The highest BCUT2D eigenvalue weighted by molar-refractivity contribution is 7.17. The minimum atomic E-state index is -0.385. The van der Waals surface area contributed by atoms with Gasteiger partial charge in [0.1, 0.15) is 5.00 Å². The molecule has 138 valence electrons. The van der Waals surface area contributed by atoms with E-state index in [1.165, 1.54) is 17.4 Å². The fraction of sp³-hybridized carbons (Fsp3) is 0.368. The number of hydrogen-bond acceptors (Lipinski definition) is 4. The van der Waals surface area contributed by atoms with Crippen molar-refractivity contribution in [3.05, 3.63) is 49.8 Å². The third kappa shape index (κ3) is 3.90. The lowest BCUT2D eigenvalue weighted by molar-refractivity contribution is 0.0526. The Balaban J connectivity index is 1.94. The van der Waals surface area contributed by atoms with E-state index >= 15 is 0 Å². The van der Waals surface area contributed by atoms with Gasteiger partial charge in [-0.05, 0) is 55.9 Å². The van der Waals surface area contributed by atoms with Crippen molar-refractivity contribution in [3.63, 3.8) is 0 Å². The summed E-state index contributed by atoms with van der Waals surface area (Å²) < 4.78 is 5.22. The number of ether oxygens (including phenoxy) is 1. The zero-order chi connectivity index (χ0) is 18.8. The topological polar surface area (TPSA) is 55.4 Å². The van der Waals surface area contributed by atoms with E-state index in [0.717, 1.165) is 29.7 Å². The van der Waals surface area contributed by atoms with Crippen molar-refractivity contribution >= 4 is 51.4 Å². The van der Waals surface area contributed by atoms with Gasteiger partial charge in [0.15, 0.2) is 0 Å². The van der Waals surface area contributed by atoms with Crippen LogP contribution in [0.3, 0.4) is 0 Å². The lowest BCUT2D eigenvalue weighted by Gasteiger charge is -2.18. The van der Waals surface area contributed by atoms with Crippen molar-refractivity contribution in [2.75, 3.05) is 11.9 Å². The maximum absolute atomic E-state index is 12.6. The molecule has 0 unspecified atom stereocenters. The number of thiophene rings is 1. The van der Waals surface area contributed by atoms with Crippen LogP contribution in [0.2, 0.25) is 10.0 Å². The molecule has 2 aromatic rings. The molecule has 1 N–H and O–H groups in total. The van der Waals surface area contributed by atoms with Crippen molar-refractivity contribution in [1.29, 1.82) is 0 Å². The minimum absolute atomic E-state index is 0.292. The fourth-order valence-electron chi connectivity index (χ4n) is 3.07. The second-order valence-electron chi connectivity index (χ2n) is 6.36. The number of carbonyl (C=O) groups excluding carboxylic acids is 2. The molecule has 1 aromatic carbocycles. The molecule has 4 nitrogen and oxygen atoms in total. The number of amides is 1. The van der Waals surface area contributed by atoms with E-state index in [-0.39, 0.29) is 11.9 Å². The molecule has 1 aliphatic carbocycles. The molecule has 0 aliphatic heterocycles. The van der Waals surface area contributed by atoms with Crippen LogP contribution in [0.5, 0.6) is 0 Å². The first-order valence-corrected chi connectivity index (χ1v) is 10.1. The first-order chi connectivity index (χ1) is 12.4. The summed E-state index contributed by atoms with van der Waals surface area (Å²) in [4.78, 5) is 26.3. The summed E-state index contributed by atoms with van der Waals surface area (Å²) in [5.41, 5.74) is 1.89. The van der Waals surface area contributed by atoms with Gasteiger partial charge in [-0.3, -0.25) is 4.79 Å². The number of anilines is 1. The monoisotopic (exact) mass is 411 g/mol. The average molecular weight is 412 g/mol. The molecular weight excluding hydrogens is 393 g/mol. The summed E-state index contributed by atoms with van der Waals surface area (Å²) in [7, 11) is 0. The molecule has 0 saturated heterocycles. The average Bonchev–Trinajstić information content (AvgIpc) is 2.94. The van der Waals surface area contributed by atoms with Crippen LogP contribution < -0.4 is 5.32 Å². The van der Waals surface area contributed by atoms with Gasteiger partial charge in [-0.2, -0.15) is 0 Å². The van der Waals surface area contributed by atoms with E-state index < -0.39 is 0 Å². The largest absolute Gasteiger partial charge is 0.462 e. The van der Waals surface area contributed by atoms with Gasteiger partial charge in [0.2, 0.25) is 0 Å².